The highest BCUT2D eigenvalue weighted by atomic mass is 35.5. The lowest BCUT2D eigenvalue weighted by Crippen LogP contribution is -2.68. The van der Waals surface area contributed by atoms with E-state index in [9.17, 15) is 14.4 Å². The Morgan fingerprint density at radius 1 is 1.03 bits per heavy atom. The summed E-state index contributed by atoms with van der Waals surface area (Å²) >= 11 is 5.99. The van der Waals surface area contributed by atoms with Crippen molar-refractivity contribution in [1.29, 1.82) is 0 Å². The Morgan fingerprint density at radius 2 is 1.67 bits per heavy atom. The Bertz CT molecular complexity index is 992. The SMILES string of the molecule is CC(C)CNC(=O)c1ccc(NC2NC(=O)N(C(C)C)C(=O)N2Cc2ccc(Cl)cc2)cc1. The summed E-state index contributed by atoms with van der Waals surface area (Å²) in [6, 6.07) is 12.9. The van der Waals surface area contributed by atoms with E-state index in [1.807, 2.05) is 26.0 Å². The van der Waals surface area contributed by atoms with Crippen LogP contribution in [0.1, 0.15) is 43.6 Å². The Hall–Kier alpha value is -3.26. The van der Waals surface area contributed by atoms with Crippen molar-refractivity contribution in [3.63, 3.8) is 0 Å². The maximum absolute atomic E-state index is 13.2. The summed E-state index contributed by atoms with van der Waals surface area (Å²) in [5.41, 5.74) is 2.07. The molecule has 0 bridgehead atoms. The molecule has 3 N–H and O–H groups in total. The van der Waals surface area contributed by atoms with Crippen LogP contribution < -0.4 is 16.0 Å². The third-order valence-corrected chi connectivity index (χ3v) is 5.40. The summed E-state index contributed by atoms with van der Waals surface area (Å²) < 4.78 is 0. The largest absolute Gasteiger partial charge is 0.352 e. The van der Waals surface area contributed by atoms with Crippen molar-refractivity contribution in [2.75, 3.05) is 11.9 Å². The third kappa shape index (κ3) is 6.16. The van der Waals surface area contributed by atoms with Crippen molar-refractivity contribution in [2.45, 2.75) is 46.6 Å². The molecule has 3 rings (SSSR count). The van der Waals surface area contributed by atoms with Crippen molar-refractivity contribution in [3.8, 4) is 0 Å². The van der Waals surface area contributed by atoms with Crippen molar-refractivity contribution in [1.82, 2.24) is 20.4 Å². The van der Waals surface area contributed by atoms with Gasteiger partial charge in [0.2, 0.25) is 0 Å². The van der Waals surface area contributed by atoms with E-state index in [2.05, 4.69) is 16.0 Å². The minimum atomic E-state index is -0.767. The summed E-state index contributed by atoms with van der Waals surface area (Å²) in [7, 11) is 0. The van der Waals surface area contributed by atoms with Gasteiger partial charge in [-0.25, -0.2) is 14.5 Å². The highest BCUT2D eigenvalue weighted by Crippen LogP contribution is 2.21. The zero-order valence-electron chi connectivity index (χ0n) is 19.3. The number of benzene rings is 2. The summed E-state index contributed by atoms with van der Waals surface area (Å²) in [6.45, 7) is 8.50. The van der Waals surface area contributed by atoms with Crippen LogP contribution in [-0.2, 0) is 6.54 Å². The van der Waals surface area contributed by atoms with Crippen molar-refractivity contribution < 1.29 is 14.4 Å². The van der Waals surface area contributed by atoms with Gasteiger partial charge in [0.15, 0.2) is 6.29 Å². The number of halogens is 1. The number of rotatable bonds is 8. The van der Waals surface area contributed by atoms with Crippen LogP contribution in [0, 0.1) is 5.92 Å². The van der Waals surface area contributed by atoms with Crippen LogP contribution in [0.2, 0.25) is 5.02 Å². The molecule has 2 aromatic rings. The Morgan fingerprint density at radius 3 is 2.24 bits per heavy atom. The zero-order valence-corrected chi connectivity index (χ0v) is 20.0. The lowest BCUT2D eigenvalue weighted by Gasteiger charge is -2.42. The van der Waals surface area contributed by atoms with Gasteiger partial charge >= 0.3 is 12.1 Å². The first-order chi connectivity index (χ1) is 15.7. The highest BCUT2D eigenvalue weighted by molar-refractivity contribution is 6.30. The molecule has 1 fully saturated rings. The van der Waals surface area contributed by atoms with Gasteiger partial charge in [0, 0.05) is 28.9 Å². The number of amides is 5. The van der Waals surface area contributed by atoms with Gasteiger partial charge in [-0.2, -0.15) is 0 Å². The molecule has 0 spiro atoms. The molecule has 1 unspecified atom stereocenters. The molecule has 1 heterocycles. The lowest BCUT2D eigenvalue weighted by atomic mass is 10.1. The molecule has 33 heavy (non-hydrogen) atoms. The van der Waals surface area contributed by atoms with E-state index in [-0.39, 0.29) is 18.5 Å². The summed E-state index contributed by atoms with van der Waals surface area (Å²) in [5.74, 6) is 0.215. The van der Waals surface area contributed by atoms with E-state index >= 15 is 0 Å². The van der Waals surface area contributed by atoms with E-state index in [1.165, 1.54) is 4.90 Å². The van der Waals surface area contributed by atoms with Crippen LogP contribution in [-0.4, -0.2) is 46.6 Å². The first-order valence-corrected chi connectivity index (χ1v) is 11.3. The molecule has 1 saturated heterocycles. The molecule has 1 atom stereocenters. The first-order valence-electron chi connectivity index (χ1n) is 10.9. The number of carbonyl (C=O) groups excluding carboxylic acids is 3. The topological polar surface area (TPSA) is 93.8 Å². The van der Waals surface area contributed by atoms with E-state index in [0.29, 0.717) is 28.7 Å². The molecule has 0 aromatic heterocycles. The van der Waals surface area contributed by atoms with Gasteiger partial charge in [-0.15, -0.1) is 0 Å². The smallest absolute Gasteiger partial charge is 0.331 e. The number of hydrogen-bond acceptors (Lipinski definition) is 4. The molecule has 1 aliphatic heterocycles. The average Bonchev–Trinajstić information content (AvgIpc) is 2.76. The molecular weight excluding hydrogens is 442 g/mol. The number of imide groups is 1. The maximum Gasteiger partial charge on any atom is 0.331 e. The minimum absolute atomic E-state index is 0.145. The molecule has 5 amide bonds. The van der Waals surface area contributed by atoms with Gasteiger partial charge in [0.25, 0.3) is 5.91 Å². The van der Waals surface area contributed by atoms with Gasteiger partial charge in [-0.1, -0.05) is 37.6 Å². The zero-order chi connectivity index (χ0) is 24.1. The Balaban J connectivity index is 1.78. The molecule has 176 valence electrons. The van der Waals surface area contributed by atoms with Crippen LogP contribution in [0.25, 0.3) is 0 Å². The Labute approximate surface area is 199 Å². The van der Waals surface area contributed by atoms with E-state index in [1.54, 1.807) is 55.1 Å². The molecule has 0 aliphatic carbocycles. The fraction of sp³-hybridized carbons (Fsp3) is 0.375. The van der Waals surface area contributed by atoms with Gasteiger partial charge in [-0.3, -0.25) is 15.0 Å². The first kappa shape index (κ1) is 24.4. The van der Waals surface area contributed by atoms with E-state index < -0.39 is 18.4 Å². The van der Waals surface area contributed by atoms with Crippen molar-refractivity contribution in [3.05, 3.63) is 64.7 Å². The minimum Gasteiger partial charge on any atom is -0.352 e. The molecule has 0 radical (unpaired) electrons. The second-order valence-corrected chi connectivity index (χ2v) is 9.11. The third-order valence-electron chi connectivity index (χ3n) is 5.15. The van der Waals surface area contributed by atoms with Gasteiger partial charge < -0.3 is 10.6 Å². The summed E-state index contributed by atoms with van der Waals surface area (Å²) in [4.78, 5) is 40.8. The fourth-order valence-electron chi connectivity index (χ4n) is 3.39. The molecule has 0 saturated carbocycles. The molecule has 2 aromatic carbocycles. The van der Waals surface area contributed by atoms with Crippen LogP contribution in [0.15, 0.2) is 48.5 Å². The van der Waals surface area contributed by atoms with Crippen LogP contribution in [0.5, 0.6) is 0 Å². The van der Waals surface area contributed by atoms with Crippen molar-refractivity contribution in [2.24, 2.45) is 5.92 Å². The molecule has 9 heteroatoms. The summed E-state index contributed by atoms with van der Waals surface area (Å²) in [6.07, 6.45) is -0.767. The van der Waals surface area contributed by atoms with Gasteiger partial charge in [-0.05, 0) is 61.7 Å². The van der Waals surface area contributed by atoms with Crippen LogP contribution in [0.3, 0.4) is 0 Å². The number of nitrogens with one attached hydrogen (secondary N) is 3. The van der Waals surface area contributed by atoms with Gasteiger partial charge in [0.05, 0.1) is 6.54 Å². The standard InChI is InChI=1S/C24H30ClN5O3/c1-15(2)13-26-21(31)18-7-11-20(12-8-18)27-22-28-23(32)30(16(3)4)24(33)29(22)14-17-5-9-19(25)10-6-17/h5-12,15-16,22,27H,13-14H2,1-4H3,(H,26,31)(H,28,32). The lowest BCUT2D eigenvalue weighted by molar-refractivity contribution is 0.0946. The van der Waals surface area contributed by atoms with Crippen LogP contribution >= 0.6 is 11.6 Å². The molecular formula is C24H30ClN5O3. The normalized spacial score (nSPS) is 16.3. The van der Waals surface area contributed by atoms with Crippen molar-refractivity contribution >= 4 is 35.3 Å². The second-order valence-electron chi connectivity index (χ2n) is 8.68. The highest BCUT2D eigenvalue weighted by Gasteiger charge is 2.39. The number of anilines is 1. The van der Waals surface area contributed by atoms with E-state index in [4.69, 9.17) is 11.6 Å². The van der Waals surface area contributed by atoms with Gasteiger partial charge in [0.1, 0.15) is 0 Å². The number of carbonyl (C=O) groups is 3. The number of hydrogen-bond donors (Lipinski definition) is 3. The monoisotopic (exact) mass is 471 g/mol. The predicted molar refractivity (Wildman–Crippen MR) is 129 cm³/mol. The van der Waals surface area contributed by atoms with E-state index in [0.717, 1.165) is 5.56 Å². The fourth-order valence-corrected chi connectivity index (χ4v) is 3.52. The second kappa shape index (κ2) is 10.6. The molecule has 1 aliphatic rings. The Kier molecular flexibility index (Phi) is 7.81. The number of nitrogens with zero attached hydrogens (tertiary/aromatic N) is 2. The quantitative estimate of drug-likeness (QED) is 0.529. The average molecular weight is 472 g/mol. The molecule has 8 nitrogen and oxygen atoms in total. The van der Waals surface area contributed by atoms with Crippen LogP contribution in [0.4, 0.5) is 15.3 Å². The predicted octanol–water partition coefficient (Wildman–Crippen LogP) is 4.48. The summed E-state index contributed by atoms with van der Waals surface area (Å²) in [5, 5.41) is 9.53. The number of urea groups is 2. The maximum atomic E-state index is 13.2.